The molecule has 0 saturated carbocycles. The molecule has 1 aromatic heterocycles. The van der Waals surface area contributed by atoms with Gasteiger partial charge in [0.15, 0.2) is 0 Å². The van der Waals surface area contributed by atoms with Crippen molar-refractivity contribution in [3.8, 4) is 11.5 Å². The number of carbonyl (C=O) groups is 2. The Bertz CT molecular complexity index is 633. The molecule has 7 heteroatoms. The summed E-state index contributed by atoms with van der Waals surface area (Å²) >= 11 is 0. The lowest BCUT2D eigenvalue weighted by Gasteiger charge is -2.31. The Balaban J connectivity index is 1.72. The molecular formula is C14H14N4O3. The van der Waals surface area contributed by atoms with Gasteiger partial charge in [-0.25, -0.2) is 0 Å². The van der Waals surface area contributed by atoms with Gasteiger partial charge in [-0.05, 0) is 12.1 Å². The van der Waals surface area contributed by atoms with Crippen LogP contribution in [0.5, 0.6) is 0 Å². The highest BCUT2D eigenvalue weighted by molar-refractivity contribution is 5.89. The first-order valence-corrected chi connectivity index (χ1v) is 6.65. The molecule has 3 rings (SSSR count). The molecule has 0 spiro atoms. The van der Waals surface area contributed by atoms with E-state index in [1.54, 1.807) is 9.80 Å². The van der Waals surface area contributed by atoms with Gasteiger partial charge in [0.05, 0.1) is 0 Å². The molecule has 0 atom stereocenters. The molecule has 2 amide bonds. The highest BCUT2D eigenvalue weighted by Crippen LogP contribution is 2.18. The Morgan fingerprint density at radius 2 is 1.81 bits per heavy atom. The van der Waals surface area contributed by atoms with Gasteiger partial charge < -0.3 is 14.2 Å². The third-order valence-electron chi connectivity index (χ3n) is 3.38. The largest absolute Gasteiger partial charge is 0.412 e. The number of rotatable bonds is 3. The van der Waals surface area contributed by atoms with Crippen LogP contribution in [0.2, 0.25) is 0 Å². The molecule has 1 aliphatic rings. The maximum absolute atomic E-state index is 12.3. The van der Waals surface area contributed by atoms with E-state index in [-0.39, 0.29) is 11.8 Å². The van der Waals surface area contributed by atoms with Crippen LogP contribution in [0.25, 0.3) is 11.5 Å². The van der Waals surface area contributed by atoms with E-state index in [0.29, 0.717) is 32.1 Å². The third-order valence-corrected chi connectivity index (χ3v) is 3.38. The number of nitrogens with zero attached hydrogens (tertiary/aromatic N) is 4. The Morgan fingerprint density at radius 1 is 1.10 bits per heavy atom. The Labute approximate surface area is 121 Å². The summed E-state index contributed by atoms with van der Waals surface area (Å²) in [5.41, 5.74) is 0.773. The number of hydrogen-bond acceptors (Lipinski definition) is 5. The van der Waals surface area contributed by atoms with Crippen LogP contribution in [-0.4, -0.2) is 58.5 Å². The van der Waals surface area contributed by atoms with Gasteiger partial charge in [0, 0.05) is 31.7 Å². The lowest BCUT2D eigenvalue weighted by atomic mass is 10.2. The molecule has 7 nitrogen and oxygen atoms in total. The van der Waals surface area contributed by atoms with Crippen molar-refractivity contribution in [3.05, 3.63) is 36.2 Å². The van der Waals surface area contributed by atoms with E-state index < -0.39 is 0 Å². The van der Waals surface area contributed by atoms with Gasteiger partial charge >= 0.3 is 11.8 Å². The molecule has 21 heavy (non-hydrogen) atoms. The van der Waals surface area contributed by atoms with Gasteiger partial charge in [0.25, 0.3) is 0 Å². The van der Waals surface area contributed by atoms with Crippen LogP contribution in [-0.2, 0) is 4.79 Å². The van der Waals surface area contributed by atoms with Crippen LogP contribution < -0.4 is 0 Å². The maximum Gasteiger partial charge on any atom is 0.311 e. The second kappa shape index (κ2) is 5.74. The van der Waals surface area contributed by atoms with Gasteiger partial charge in [0.1, 0.15) is 0 Å². The van der Waals surface area contributed by atoms with Gasteiger partial charge in [-0.15, -0.1) is 10.2 Å². The van der Waals surface area contributed by atoms with E-state index in [9.17, 15) is 9.59 Å². The SMILES string of the molecule is O=CN1CCN(C(=O)c2nnc(-c3ccccc3)o2)CC1. The second-order valence-electron chi connectivity index (χ2n) is 4.71. The molecular weight excluding hydrogens is 272 g/mol. The predicted molar refractivity (Wildman–Crippen MR) is 73.3 cm³/mol. The average molecular weight is 286 g/mol. The Kier molecular flexibility index (Phi) is 3.63. The van der Waals surface area contributed by atoms with Crippen molar-refractivity contribution in [2.75, 3.05) is 26.2 Å². The molecule has 1 saturated heterocycles. The summed E-state index contributed by atoms with van der Waals surface area (Å²) in [6.45, 7) is 1.99. The fraction of sp³-hybridized carbons (Fsp3) is 0.286. The van der Waals surface area contributed by atoms with Crippen LogP contribution >= 0.6 is 0 Å². The number of benzene rings is 1. The van der Waals surface area contributed by atoms with Crippen molar-refractivity contribution >= 4 is 12.3 Å². The Hall–Kier alpha value is -2.70. The zero-order valence-electron chi connectivity index (χ0n) is 11.3. The van der Waals surface area contributed by atoms with E-state index in [1.807, 2.05) is 30.3 Å². The summed E-state index contributed by atoms with van der Waals surface area (Å²) in [7, 11) is 0. The quantitative estimate of drug-likeness (QED) is 0.774. The monoisotopic (exact) mass is 286 g/mol. The molecule has 108 valence electrons. The summed E-state index contributed by atoms with van der Waals surface area (Å²) in [5.74, 6) is 0.00844. The van der Waals surface area contributed by atoms with Crippen LogP contribution in [0.15, 0.2) is 34.7 Å². The number of amides is 2. The first kappa shape index (κ1) is 13.3. The van der Waals surface area contributed by atoms with Crippen molar-refractivity contribution in [2.45, 2.75) is 0 Å². The molecule has 0 N–H and O–H groups in total. The van der Waals surface area contributed by atoms with Crippen LogP contribution in [0.4, 0.5) is 0 Å². The second-order valence-corrected chi connectivity index (χ2v) is 4.71. The highest BCUT2D eigenvalue weighted by atomic mass is 16.4. The predicted octanol–water partition coefficient (Wildman–Crippen LogP) is 0.651. The lowest BCUT2D eigenvalue weighted by Crippen LogP contribution is -2.48. The summed E-state index contributed by atoms with van der Waals surface area (Å²) < 4.78 is 5.44. The first-order valence-electron chi connectivity index (χ1n) is 6.65. The summed E-state index contributed by atoms with van der Waals surface area (Å²) in [5, 5.41) is 7.72. The number of piperazine rings is 1. The lowest BCUT2D eigenvalue weighted by molar-refractivity contribution is -0.119. The van der Waals surface area contributed by atoms with E-state index in [0.717, 1.165) is 12.0 Å². The molecule has 1 aromatic carbocycles. The molecule has 1 aliphatic heterocycles. The van der Waals surface area contributed by atoms with Crippen LogP contribution in [0.3, 0.4) is 0 Å². The van der Waals surface area contributed by atoms with Crippen molar-refractivity contribution in [3.63, 3.8) is 0 Å². The van der Waals surface area contributed by atoms with Gasteiger partial charge in [-0.3, -0.25) is 9.59 Å². The molecule has 0 aliphatic carbocycles. The molecule has 2 heterocycles. The zero-order chi connectivity index (χ0) is 14.7. The number of carbonyl (C=O) groups excluding carboxylic acids is 2. The molecule has 0 unspecified atom stereocenters. The van der Waals surface area contributed by atoms with Crippen LogP contribution in [0, 0.1) is 0 Å². The third kappa shape index (κ3) is 2.76. The topological polar surface area (TPSA) is 79.5 Å². The minimum absolute atomic E-state index is 0.0200. The van der Waals surface area contributed by atoms with E-state index in [1.165, 1.54) is 0 Å². The summed E-state index contributed by atoms with van der Waals surface area (Å²) in [6, 6.07) is 9.28. The fourth-order valence-corrected chi connectivity index (χ4v) is 2.17. The van der Waals surface area contributed by atoms with E-state index in [4.69, 9.17) is 4.42 Å². The first-order chi connectivity index (χ1) is 10.3. The van der Waals surface area contributed by atoms with Gasteiger partial charge in [-0.2, -0.15) is 0 Å². The molecule has 2 aromatic rings. The van der Waals surface area contributed by atoms with Crippen molar-refractivity contribution in [2.24, 2.45) is 0 Å². The van der Waals surface area contributed by atoms with E-state index in [2.05, 4.69) is 10.2 Å². The number of aromatic nitrogens is 2. The van der Waals surface area contributed by atoms with Gasteiger partial charge in [-0.1, -0.05) is 18.2 Å². The normalized spacial score (nSPS) is 15.0. The van der Waals surface area contributed by atoms with Crippen molar-refractivity contribution in [1.82, 2.24) is 20.0 Å². The smallest absolute Gasteiger partial charge is 0.311 e. The standard InChI is InChI=1S/C14H14N4O3/c19-10-17-6-8-18(9-7-17)14(20)13-16-15-12(21-13)11-4-2-1-3-5-11/h1-5,10H,6-9H2. The average Bonchev–Trinajstić information content (AvgIpc) is 3.05. The minimum Gasteiger partial charge on any atom is -0.412 e. The number of hydrogen-bond donors (Lipinski definition) is 0. The van der Waals surface area contributed by atoms with Gasteiger partial charge in [0.2, 0.25) is 12.3 Å². The molecule has 1 fully saturated rings. The van der Waals surface area contributed by atoms with E-state index >= 15 is 0 Å². The molecule has 0 bridgehead atoms. The zero-order valence-corrected chi connectivity index (χ0v) is 11.3. The van der Waals surface area contributed by atoms with Crippen LogP contribution in [0.1, 0.15) is 10.7 Å². The Morgan fingerprint density at radius 3 is 2.48 bits per heavy atom. The van der Waals surface area contributed by atoms with Crippen molar-refractivity contribution in [1.29, 1.82) is 0 Å². The summed E-state index contributed by atoms with van der Waals surface area (Å²) in [4.78, 5) is 26.2. The maximum atomic E-state index is 12.3. The minimum atomic E-state index is -0.296. The van der Waals surface area contributed by atoms with Crippen molar-refractivity contribution < 1.29 is 14.0 Å². The fourth-order valence-electron chi connectivity index (χ4n) is 2.17. The molecule has 0 radical (unpaired) electrons. The summed E-state index contributed by atoms with van der Waals surface area (Å²) in [6.07, 6.45) is 0.794. The highest BCUT2D eigenvalue weighted by Gasteiger charge is 2.25.